The molecule has 0 aliphatic carbocycles. The minimum atomic E-state index is 1.08. The predicted octanol–water partition coefficient (Wildman–Crippen LogP) is 0.796. The zero-order valence-corrected chi connectivity index (χ0v) is 9.17. The van der Waals surface area contributed by atoms with Crippen molar-refractivity contribution in [3.63, 3.8) is 0 Å². The fourth-order valence-corrected chi connectivity index (χ4v) is 1.66. The molecule has 0 aliphatic heterocycles. The Balaban J connectivity index is 2.71. The lowest BCUT2D eigenvalue weighted by molar-refractivity contribution is 1.27. The summed E-state index contributed by atoms with van der Waals surface area (Å²) >= 11 is 0. The van der Waals surface area contributed by atoms with Gasteiger partial charge in [-0.15, -0.1) is 0 Å². The van der Waals surface area contributed by atoms with Crippen molar-refractivity contribution < 1.29 is 0 Å². The maximum Gasteiger partial charge on any atom is 0.0385 e. The van der Waals surface area contributed by atoms with E-state index in [-0.39, 0.29) is 0 Å². The summed E-state index contributed by atoms with van der Waals surface area (Å²) in [5.74, 6) is 0. The average molecular weight is 162 g/mol. The summed E-state index contributed by atoms with van der Waals surface area (Å²) in [7, 11) is 1.16. The van der Waals surface area contributed by atoms with Crippen molar-refractivity contribution in [1.29, 1.82) is 0 Å². The van der Waals surface area contributed by atoms with Crippen LogP contribution in [0.4, 0.5) is 0 Å². The number of rotatable bonds is 2. The van der Waals surface area contributed by atoms with Crippen LogP contribution in [0.5, 0.6) is 0 Å². The van der Waals surface area contributed by atoms with Gasteiger partial charge in [0.15, 0.2) is 0 Å². The van der Waals surface area contributed by atoms with Gasteiger partial charge in [0.25, 0.3) is 0 Å². The molecule has 0 bridgehead atoms. The van der Waals surface area contributed by atoms with Gasteiger partial charge in [-0.1, -0.05) is 41.6 Å². The van der Waals surface area contributed by atoms with E-state index in [1.165, 1.54) is 10.8 Å². The van der Waals surface area contributed by atoms with Crippen LogP contribution in [0.2, 0.25) is 0 Å². The maximum absolute atomic E-state index is 2.28. The van der Waals surface area contributed by atoms with Crippen LogP contribution in [0.25, 0.3) is 0 Å². The average Bonchev–Trinajstić information content (AvgIpc) is 2.01. The second kappa shape index (κ2) is 4.14. The van der Waals surface area contributed by atoms with Crippen LogP contribution in [0.15, 0.2) is 36.4 Å². The highest BCUT2D eigenvalue weighted by molar-refractivity contribution is 6.32. The van der Waals surface area contributed by atoms with Crippen LogP contribution < -0.4 is 5.19 Å². The molecule has 0 unspecified atom stereocenters. The predicted molar refractivity (Wildman–Crippen MR) is 54.5 cm³/mol. The van der Waals surface area contributed by atoms with Crippen molar-refractivity contribution in [1.82, 2.24) is 0 Å². The first kappa shape index (κ1) is 8.28. The molecule has 0 fully saturated rings. The lowest BCUT2D eigenvalue weighted by Gasteiger charge is -1.96. The molecule has 0 amide bonds. The second-order valence-corrected chi connectivity index (χ2v) is 3.92. The molecule has 0 radical (unpaired) electrons. The van der Waals surface area contributed by atoms with E-state index in [1.807, 2.05) is 0 Å². The van der Waals surface area contributed by atoms with Gasteiger partial charge in [-0.25, -0.2) is 0 Å². The molecule has 0 heterocycles. The topological polar surface area (TPSA) is 0 Å². The van der Waals surface area contributed by atoms with Gasteiger partial charge in [-0.2, -0.15) is 0 Å². The Hall–Kier alpha value is -0.823. The SMILES string of the molecule is CC=CCc1cccc([SiH3])c1. The zero-order chi connectivity index (χ0) is 8.10. The van der Waals surface area contributed by atoms with Crippen molar-refractivity contribution in [2.75, 3.05) is 0 Å². The fraction of sp³-hybridized carbons (Fsp3) is 0.200. The zero-order valence-electron chi connectivity index (χ0n) is 7.17. The maximum atomic E-state index is 2.28. The van der Waals surface area contributed by atoms with Crippen LogP contribution in [0, 0.1) is 0 Å². The summed E-state index contributed by atoms with van der Waals surface area (Å²) in [4.78, 5) is 0. The molecule has 1 heteroatoms. The first-order valence-electron chi connectivity index (χ1n) is 3.99. The Kier molecular flexibility index (Phi) is 3.11. The van der Waals surface area contributed by atoms with E-state index in [4.69, 9.17) is 0 Å². The molecule has 0 spiro atoms. The van der Waals surface area contributed by atoms with E-state index < -0.39 is 0 Å². The molecule has 1 rings (SSSR count). The van der Waals surface area contributed by atoms with Crippen LogP contribution >= 0.6 is 0 Å². The summed E-state index contributed by atoms with van der Waals surface area (Å²) in [5.41, 5.74) is 1.43. The van der Waals surface area contributed by atoms with Crippen molar-refractivity contribution in [2.24, 2.45) is 0 Å². The van der Waals surface area contributed by atoms with Gasteiger partial charge in [-0.3, -0.25) is 0 Å². The third-order valence-corrected chi connectivity index (χ3v) is 2.29. The highest BCUT2D eigenvalue weighted by Crippen LogP contribution is 1.97. The van der Waals surface area contributed by atoms with Crippen molar-refractivity contribution in [2.45, 2.75) is 13.3 Å². The minimum absolute atomic E-state index is 1.08. The van der Waals surface area contributed by atoms with Gasteiger partial charge in [0, 0.05) is 10.2 Å². The molecule has 1 aromatic carbocycles. The Labute approximate surface area is 71.4 Å². The molecule has 0 nitrogen and oxygen atoms in total. The van der Waals surface area contributed by atoms with Gasteiger partial charge in [-0.05, 0) is 18.9 Å². The van der Waals surface area contributed by atoms with E-state index in [9.17, 15) is 0 Å². The van der Waals surface area contributed by atoms with Crippen molar-refractivity contribution in [3.05, 3.63) is 42.0 Å². The van der Waals surface area contributed by atoms with Gasteiger partial charge in [0.1, 0.15) is 0 Å². The lowest BCUT2D eigenvalue weighted by atomic mass is 10.1. The first-order valence-corrected chi connectivity index (χ1v) is 4.99. The molecule has 0 atom stereocenters. The Morgan fingerprint density at radius 1 is 1.45 bits per heavy atom. The molecule has 1 aromatic rings. The smallest absolute Gasteiger partial charge is 0.0385 e. The largest absolute Gasteiger partial charge is 0.0913 e. The highest BCUT2D eigenvalue weighted by Gasteiger charge is 1.87. The quantitative estimate of drug-likeness (QED) is 0.446. The van der Waals surface area contributed by atoms with E-state index in [0.717, 1.165) is 16.7 Å². The van der Waals surface area contributed by atoms with Gasteiger partial charge >= 0.3 is 0 Å². The Bertz CT molecular complexity index is 251. The molecule has 0 aliphatic rings. The molecular formula is C10H14Si. The Morgan fingerprint density at radius 2 is 2.27 bits per heavy atom. The standard InChI is InChI=1S/C10H14Si/c1-2-3-5-9-6-4-7-10(11)8-9/h2-4,6-8H,5H2,1,11H3. The van der Waals surface area contributed by atoms with Crippen LogP contribution in [0.3, 0.4) is 0 Å². The fourth-order valence-electron chi connectivity index (χ4n) is 1.09. The third-order valence-electron chi connectivity index (χ3n) is 1.67. The van der Waals surface area contributed by atoms with Gasteiger partial charge < -0.3 is 0 Å². The van der Waals surface area contributed by atoms with Crippen LogP contribution in [0.1, 0.15) is 12.5 Å². The van der Waals surface area contributed by atoms with E-state index in [0.29, 0.717) is 0 Å². The molecule has 58 valence electrons. The lowest BCUT2D eigenvalue weighted by Crippen LogP contribution is -2.01. The summed E-state index contributed by atoms with van der Waals surface area (Å²) < 4.78 is 0. The van der Waals surface area contributed by atoms with E-state index in [2.05, 4.69) is 43.3 Å². The first-order chi connectivity index (χ1) is 5.33. The summed E-state index contributed by atoms with van der Waals surface area (Å²) in [5, 5.41) is 1.48. The van der Waals surface area contributed by atoms with Gasteiger partial charge in [0.2, 0.25) is 0 Å². The molecule has 0 saturated heterocycles. The highest BCUT2D eigenvalue weighted by atomic mass is 28.1. The number of hydrogen-bond acceptors (Lipinski definition) is 0. The monoisotopic (exact) mass is 162 g/mol. The van der Waals surface area contributed by atoms with Crippen molar-refractivity contribution >= 4 is 15.4 Å². The van der Waals surface area contributed by atoms with Crippen molar-refractivity contribution in [3.8, 4) is 0 Å². The molecule has 0 aromatic heterocycles. The third kappa shape index (κ3) is 2.72. The molecular weight excluding hydrogens is 148 g/mol. The summed E-state index contributed by atoms with van der Waals surface area (Å²) in [6.07, 6.45) is 5.36. The summed E-state index contributed by atoms with van der Waals surface area (Å²) in [6.45, 7) is 2.06. The number of benzene rings is 1. The molecule has 11 heavy (non-hydrogen) atoms. The second-order valence-electron chi connectivity index (χ2n) is 2.76. The van der Waals surface area contributed by atoms with E-state index >= 15 is 0 Å². The van der Waals surface area contributed by atoms with E-state index in [1.54, 1.807) is 0 Å². The van der Waals surface area contributed by atoms with Crippen LogP contribution in [-0.4, -0.2) is 10.2 Å². The Morgan fingerprint density at radius 3 is 2.91 bits per heavy atom. The minimum Gasteiger partial charge on any atom is -0.0913 e. The summed E-state index contributed by atoms with van der Waals surface area (Å²) in [6, 6.07) is 8.79. The number of hydrogen-bond donors (Lipinski definition) is 0. The van der Waals surface area contributed by atoms with Crippen LogP contribution in [-0.2, 0) is 6.42 Å². The normalized spacial score (nSPS) is 11.0. The number of allylic oxidation sites excluding steroid dienone is 2. The molecule has 0 N–H and O–H groups in total. The molecule has 0 saturated carbocycles. The van der Waals surface area contributed by atoms with Gasteiger partial charge in [0.05, 0.1) is 0 Å².